The second kappa shape index (κ2) is 44.6. The third kappa shape index (κ3) is 42.0. The van der Waals surface area contributed by atoms with E-state index in [1.807, 2.05) is 12.2 Å². The van der Waals surface area contributed by atoms with E-state index in [0.717, 1.165) is 77.0 Å². The van der Waals surface area contributed by atoms with Crippen LogP contribution in [0.3, 0.4) is 0 Å². The highest BCUT2D eigenvalue weighted by Gasteiger charge is 2.19. The van der Waals surface area contributed by atoms with Gasteiger partial charge in [0, 0.05) is 19.3 Å². The summed E-state index contributed by atoms with van der Waals surface area (Å²) in [7, 11) is 0. The highest BCUT2D eigenvalue weighted by atomic mass is 16.6. The molecule has 0 rings (SSSR count). The summed E-state index contributed by atoms with van der Waals surface area (Å²) in [5.41, 5.74) is 0. The van der Waals surface area contributed by atoms with E-state index in [2.05, 4.69) is 81.5 Å². The number of ether oxygens (including phenoxy) is 3. The highest BCUT2D eigenvalue weighted by molar-refractivity contribution is 5.71. The van der Waals surface area contributed by atoms with Crippen LogP contribution in [0.1, 0.15) is 207 Å². The molecule has 0 aliphatic rings. The van der Waals surface area contributed by atoms with Crippen LogP contribution >= 0.6 is 0 Å². The minimum atomic E-state index is -0.812. The lowest BCUT2D eigenvalue weighted by Crippen LogP contribution is -2.30. The van der Waals surface area contributed by atoms with Gasteiger partial charge >= 0.3 is 17.9 Å². The zero-order valence-corrected chi connectivity index (χ0v) is 36.4. The van der Waals surface area contributed by atoms with Gasteiger partial charge in [0.2, 0.25) is 0 Å². The van der Waals surface area contributed by atoms with Crippen molar-refractivity contribution < 1.29 is 28.6 Å². The van der Waals surface area contributed by atoms with Crippen LogP contribution in [0.4, 0.5) is 0 Å². The van der Waals surface area contributed by atoms with E-state index in [1.54, 1.807) is 0 Å². The molecule has 0 bridgehead atoms. The molecule has 0 aromatic carbocycles. The quantitative estimate of drug-likeness (QED) is 0.0267. The lowest BCUT2D eigenvalue weighted by atomic mass is 10.1. The van der Waals surface area contributed by atoms with Crippen molar-refractivity contribution in [1.82, 2.24) is 0 Å². The van der Waals surface area contributed by atoms with Crippen molar-refractivity contribution >= 4 is 17.9 Å². The lowest BCUT2D eigenvalue weighted by Gasteiger charge is -2.18. The Morgan fingerprint density at radius 2 is 0.732 bits per heavy atom. The van der Waals surface area contributed by atoms with Gasteiger partial charge in [0.15, 0.2) is 6.10 Å². The molecular formula is C50H84O6. The Hall–Kier alpha value is -3.15. The predicted molar refractivity (Wildman–Crippen MR) is 238 cm³/mol. The maximum atomic E-state index is 12.6. The van der Waals surface area contributed by atoms with E-state index < -0.39 is 12.1 Å². The molecule has 0 N–H and O–H groups in total. The monoisotopic (exact) mass is 781 g/mol. The Bertz CT molecular complexity index is 1080. The highest BCUT2D eigenvalue weighted by Crippen LogP contribution is 2.13. The number of esters is 3. The Morgan fingerprint density at radius 1 is 0.375 bits per heavy atom. The number of allylic oxidation sites excluding steroid dienone is 12. The maximum absolute atomic E-state index is 12.6. The van der Waals surface area contributed by atoms with Crippen molar-refractivity contribution in [1.29, 1.82) is 0 Å². The summed E-state index contributed by atoms with van der Waals surface area (Å²) in [6.45, 7) is 6.37. The second-order valence-electron chi connectivity index (χ2n) is 14.9. The molecule has 0 spiro atoms. The second-order valence-corrected chi connectivity index (χ2v) is 14.9. The fourth-order valence-electron chi connectivity index (χ4n) is 6.01. The smallest absolute Gasteiger partial charge is 0.306 e. The van der Waals surface area contributed by atoms with Gasteiger partial charge in [0.1, 0.15) is 13.2 Å². The molecule has 0 aromatic heterocycles. The first-order valence-electron chi connectivity index (χ1n) is 22.9. The van der Waals surface area contributed by atoms with Crippen molar-refractivity contribution in [2.24, 2.45) is 0 Å². The van der Waals surface area contributed by atoms with E-state index in [4.69, 9.17) is 14.2 Å². The molecular weight excluding hydrogens is 697 g/mol. The zero-order valence-electron chi connectivity index (χ0n) is 36.4. The first-order valence-corrected chi connectivity index (χ1v) is 22.9. The molecule has 320 valence electrons. The van der Waals surface area contributed by atoms with Crippen molar-refractivity contribution in [3.63, 3.8) is 0 Å². The molecule has 56 heavy (non-hydrogen) atoms. The van der Waals surface area contributed by atoms with Crippen LogP contribution in [0.2, 0.25) is 0 Å². The summed E-state index contributed by atoms with van der Waals surface area (Å²) < 4.78 is 16.6. The number of hydrogen-bond donors (Lipinski definition) is 0. The normalized spacial score (nSPS) is 12.7. The molecule has 0 fully saturated rings. The van der Waals surface area contributed by atoms with Crippen LogP contribution in [-0.4, -0.2) is 37.2 Å². The van der Waals surface area contributed by atoms with Crippen molar-refractivity contribution in [2.75, 3.05) is 13.2 Å². The molecule has 1 atom stereocenters. The van der Waals surface area contributed by atoms with Crippen molar-refractivity contribution in [3.8, 4) is 0 Å². The Kier molecular flexibility index (Phi) is 42.1. The standard InChI is InChI=1S/C50H84O6/c1-4-7-10-13-16-18-20-22-23-24-25-26-28-29-31-34-37-40-43-49(52)55-46-47(45-54-48(51)42-39-36-33-15-12-9-6-3)56-50(53)44-41-38-35-32-30-27-21-19-17-14-11-8-5-2/h8,11,17-20,23-24,27,30,35,38,47H,4-7,9-10,12-16,21-22,25-26,28-29,31-34,36-37,39-46H2,1-3H3/b11-8-,19-17-,20-18-,24-23-,30-27-,38-35-. The van der Waals surface area contributed by atoms with Crippen LogP contribution in [0, 0.1) is 0 Å². The molecule has 0 amide bonds. The number of hydrogen-bond acceptors (Lipinski definition) is 6. The fraction of sp³-hybridized carbons (Fsp3) is 0.700. The van der Waals surface area contributed by atoms with Gasteiger partial charge in [-0.2, -0.15) is 0 Å². The van der Waals surface area contributed by atoms with Crippen molar-refractivity contribution in [3.05, 3.63) is 72.9 Å². The van der Waals surface area contributed by atoms with Gasteiger partial charge in [0.25, 0.3) is 0 Å². The predicted octanol–water partition coefficient (Wildman–Crippen LogP) is 14.7. The first-order chi connectivity index (χ1) is 27.5. The summed E-state index contributed by atoms with van der Waals surface area (Å²) in [5, 5.41) is 0. The van der Waals surface area contributed by atoms with E-state index in [0.29, 0.717) is 19.3 Å². The van der Waals surface area contributed by atoms with Crippen LogP contribution in [0.5, 0.6) is 0 Å². The Labute approximate surface area is 344 Å². The summed E-state index contributed by atoms with van der Waals surface area (Å²) in [6.07, 6.45) is 54.8. The lowest BCUT2D eigenvalue weighted by molar-refractivity contribution is -0.166. The minimum absolute atomic E-state index is 0.107. The average molecular weight is 781 g/mol. The van der Waals surface area contributed by atoms with Crippen LogP contribution in [0.25, 0.3) is 0 Å². The largest absolute Gasteiger partial charge is 0.462 e. The van der Waals surface area contributed by atoms with Gasteiger partial charge < -0.3 is 14.2 Å². The summed E-state index contributed by atoms with van der Waals surface area (Å²) >= 11 is 0. The molecule has 6 nitrogen and oxygen atoms in total. The third-order valence-corrected chi connectivity index (χ3v) is 9.46. The number of carbonyl (C=O) groups is 3. The molecule has 0 heterocycles. The molecule has 0 aromatic rings. The summed E-state index contributed by atoms with van der Waals surface area (Å²) in [6, 6.07) is 0. The van der Waals surface area contributed by atoms with E-state index >= 15 is 0 Å². The van der Waals surface area contributed by atoms with Crippen LogP contribution in [0.15, 0.2) is 72.9 Å². The van der Waals surface area contributed by atoms with Gasteiger partial charge in [0.05, 0.1) is 0 Å². The van der Waals surface area contributed by atoms with Gasteiger partial charge in [-0.25, -0.2) is 0 Å². The van der Waals surface area contributed by atoms with Crippen LogP contribution in [-0.2, 0) is 28.6 Å². The molecule has 6 heteroatoms. The maximum Gasteiger partial charge on any atom is 0.306 e. The van der Waals surface area contributed by atoms with E-state index in [-0.39, 0.29) is 31.6 Å². The summed E-state index contributed by atoms with van der Waals surface area (Å²) in [4.78, 5) is 37.6. The van der Waals surface area contributed by atoms with Gasteiger partial charge in [-0.1, -0.05) is 184 Å². The van der Waals surface area contributed by atoms with E-state index in [1.165, 1.54) is 83.5 Å². The molecule has 0 aliphatic carbocycles. The minimum Gasteiger partial charge on any atom is -0.462 e. The average Bonchev–Trinajstić information content (AvgIpc) is 3.19. The molecule has 0 radical (unpaired) electrons. The Morgan fingerprint density at radius 3 is 1.18 bits per heavy atom. The zero-order chi connectivity index (χ0) is 40.8. The van der Waals surface area contributed by atoms with Crippen LogP contribution < -0.4 is 0 Å². The number of rotatable bonds is 40. The molecule has 0 saturated heterocycles. The first kappa shape index (κ1) is 52.9. The number of unbranched alkanes of at least 4 members (excludes halogenated alkanes) is 17. The van der Waals surface area contributed by atoms with Crippen molar-refractivity contribution in [2.45, 2.75) is 213 Å². The molecule has 1 unspecified atom stereocenters. The van der Waals surface area contributed by atoms with E-state index in [9.17, 15) is 14.4 Å². The third-order valence-electron chi connectivity index (χ3n) is 9.46. The summed E-state index contributed by atoms with van der Waals surface area (Å²) in [5.74, 6) is -1.01. The van der Waals surface area contributed by atoms with Gasteiger partial charge in [-0.15, -0.1) is 0 Å². The fourth-order valence-corrected chi connectivity index (χ4v) is 6.01. The SMILES string of the molecule is CC/C=C\C/C=C\C/C=C\C/C=C\CCC(=O)OC(COC(=O)CCCCCCCCC)COC(=O)CCCCCCCCC/C=C\C/C=C\CCCCCC. The van der Waals surface area contributed by atoms with Gasteiger partial charge in [-0.3, -0.25) is 14.4 Å². The molecule has 0 saturated carbocycles. The Balaban J connectivity index is 4.38. The topological polar surface area (TPSA) is 78.9 Å². The number of carbonyl (C=O) groups excluding carboxylic acids is 3. The molecule has 0 aliphatic heterocycles. The van der Waals surface area contributed by atoms with Gasteiger partial charge in [-0.05, 0) is 77.0 Å².